The van der Waals surface area contributed by atoms with E-state index in [-0.39, 0.29) is 17.7 Å². The van der Waals surface area contributed by atoms with E-state index < -0.39 is 0 Å². The van der Waals surface area contributed by atoms with E-state index in [0.717, 1.165) is 16.9 Å². The van der Waals surface area contributed by atoms with Crippen molar-refractivity contribution >= 4 is 23.4 Å². The lowest BCUT2D eigenvalue weighted by Gasteiger charge is -2.28. The molecule has 2 aromatic rings. The van der Waals surface area contributed by atoms with Gasteiger partial charge in [0.15, 0.2) is 0 Å². The van der Waals surface area contributed by atoms with Crippen molar-refractivity contribution in [3.63, 3.8) is 0 Å². The van der Waals surface area contributed by atoms with Crippen LogP contribution < -0.4 is 10.1 Å². The molecule has 0 spiro atoms. The van der Waals surface area contributed by atoms with Gasteiger partial charge in [-0.3, -0.25) is 9.59 Å². The van der Waals surface area contributed by atoms with Gasteiger partial charge in [-0.2, -0.15) is 0 Å². The smallest absolute Gasteiger partial charge is 0.251 e. The first-order chi connectivity index (χ1) is 12.5. The van der Waals surface area contributed by atoms with Gasteiger partial charge in [0.05, 0.1) is 5.92 Å². The summed E-state index contributed by atoms with van der Waals surface area (Å²) in [6.07, 6.45) is 0.620. The Kier molecular flexibility index (Phi) is 5.47. The number of halogens is 1. The number of nitrogens with zero attached hydrogens (tertiary/aromatic N) is 1. The standard InChI is InChI=1S/C20H21ClN2O3/c1-22-19(24)14-5-3-13(4-6-14)11-23(2)20(25)16-9-15-10-17(21)7-8-18(15)26-12-16/h3-8,10,16H,9,11-12H2,1-2H3,(H,22,24)/t16-/m0/s1. The van der Waals surface area contributed by atoms with Gasteiger partial charge in [-0.1, -0.05) is 23.7 Å². The second-order valence-electron chi connectivity index (χ2n) is 6.43. The van der Waals surface area contributed by atoms with E-state index in [2.05, 4.69) is 5.32 Å². The average molecular weight is 373 g/mol. The fourth-order valence-corrected chi connectivity index (χ4v) is 3.29. The summed E-state index contributed by atoms with van der Waals surface area (Å²) in [5.74, 6) is 0.477. The summed E-state index contributed by atoms with van der Waals surface area (Å²) in [7, 11) is 3.38. The maximum Gasteiger partial charge on any atom is 0.251 e. The Hall–Kier alpha value is -2.53. The van der Waals surface area contributed by atoms with Gasteiger partial charge in [-0.15, -0.1) is 0 Å². The number of hydrogen-bond acceptors (Lipinski definition) is 3. The second kappa shape index (κ2) is 7.79. The van der Waals surface area contributed by atoms with Crippen LogP contribution >= 0.6 is 11.6 Å². The molecule has 1 aliphatic rings. The molecule has 0 saturated carbocycles. The van der Waals surface area contributed by atoms with E-state index in [1.54, 1.807) is 37.2 Å². The number of benzene rings is 2. The SMILES string of the molecule is CNC(=O)c1ccc(CN(C)C(=O)[C@@H]2COc3ccc(Cl)cc3C2)cc1. The van der Waals surface area contributed by atoms with Crippen molar-refractivity contribution < 1.29 is 14.3 Å². The topological polar surface area (TPSA) is 58.6 Å². The van der Waals surface area contributed by atoms with Crippen molar-refractivity contribution in [1.82, 2.24) is 10.2 Å². The normalized spacial score (nSPS) is 15.6. The molecule has 3 rings (SSSR count). The number of amides is 2. The maximum absolute atomic E-state index is 12.8. The molecule has 0 radical (unpaired) electrons. The Morgan fingerprint density at radius 2 is 1.96 bits per heavy atom. The molecule has 0 bridgehead atoms. The largest absolute Gasteiger partial charge is 0.492 e. The van der Waals surface area contributed by atoms with Crippen LogP contribution in [0.5, 0.6) is 5.75 Å². The number of carbonyl (C=O) groups is 2. The van der Waals surface area contributed by atoms with E-state index in [1.807, 2.05) is 24.3 Å². The van der Waals surface area contributed by atoms with Crippen LogP contribution in [0.15, 0.2) is 42.5 Å². The summed E-state index contributed by atoms with van der Waals surface area (Å²) < 4.78 is 5.72. The average Bonchev–Trinajstić information content (AvgIpc) is 2.66. The molecule has 26 heavy (non-hydrogen) atoms. The third-order valence-electron chi connectivity index (χ3n) is 4.52. The minimum Gasteiger partial charge on any atom is -0.492 e. The quantitative estimate of drug-likeness (QED) is 0.897. The fourth-order valence-electron chi connectivity index (χ4n) is 3.09. The van der Waals surface area contributed by atoms with Crippen molar-refractivity contribution in [1.29, 1.82) is 0 Å². The zero-order valence-corrected chi connectivity index (χ0v) is 15.5. The van der Waals surface area contributed by atoms with Crippen LogP contribution in [-0.4, -0.2) is 37.4 Å². The molecule has 0 unspecified atom stereocenters. The van der Waals surface area contributed by atoms with Gasteiger partial charge in [0, 0.05) is 31.2 Å². The molecule has 2 amide bonds. The zero-order valence-electron chi connectivity index (χ0n) is 14.8. The Morgan fingerprint density at radius 1 is 1.23 bits per heavy atom. The summed E-state index contributed by atoms with van der Waals surface area (Å²) in [6, 6.07) is 12.7. The molecule has 6 heteroatoms. The molecule has 0 aliphatic carbocycles. The first kappa shape index (κ1) is 18.3. The van der Waals surface area contributed by atoms with E-state index in [4.69, 9.17) is 16.3 Å². The molecule has 0 saturated heterocycles. The Bertz CT molecular complexity index is 820. The highest BCUT2D eigenvalue weighted by Gasteiger charge is 2.28. The summed E-state index contributed by atoms with van der Waals surface area (Å²) in [6.45, 7) is 0.846. The number of rotatable bonds is 4. The fraction of sp³-hybridized carbons (Fsp3) is 0.300. The van der Waals surface area contributed by atoms with Gasteiger partial charge in [-0.25, -0.2) is 0 Å². The number of fused-ring (bicyclic) bond motifs is 1. The molecule has 2 aromatic carbocycles. The van der Waals surface area contributed by atoms with Gasteiger partial charge in [-0.05, 0) is 47.9 Å². The van der Waals surface area contributed by atoms with E-state index >= 15 is 0 Å². The molecule has 1 N–H and O–H groups in total. The zero-order chi connectivity index (χ0) is 18.7. The summed E-state index contributed by atoms with van der Waals surface area (Å²) >= 11 is 6.04. The minimum absolute atomic E-state index is 0.0333. The van der Waals surface area contributed by atoms with E-state index in [0.29, 0.717) is 30.2 Å². The predicted molar refractivity (Wildman–Crippen MR) is 100 cm³/mol. The number of ether oxygens (including phenoxy) is 1. The van der Waals surface area contributed by atoms with Crippen molar-refractivity contribution in [3.8, 4) is 5.75 Å². The van der Waals surface area contributed by atoms with Crippen LogP contribution in [0.3, 0.4) is 0 Å². The number of nitrogens with one attached hydrogen (secondary N) is 1. The summed E-state index contributed by atoms with van der Waals surface area (Å²) in [5.41, 5.74) is 2.53. The summed E-state index contributed by atoms with van der Waals surface area (Å²) in [4.78, 5) is 26.0. The van der Waals surface area contributed by atoms with Crippen molar-refractivity contribution in [2.45, 2.75) is 13.0 Å². The lowest BCUT2D eigenvalue weighted by Crippen LogP contribution is -2.38. The van der Waals surface area contributed by atoms with Crippen LogP contribution in [0.4, 0.5) is 0 Å². The minimum atomic E-state index is -0.226. The Labute approximate surface area is 157 Å². The van der Waals surface area contributed by atoms with Crippen molar-refractivity contribution in [2.24, 2.45) is 5.92 Å². The van der Waals surface area contributed by atoms with Crippen LogP contribution in [0, 0.1) is 5.92 Å². The molecule has 1 aliphatic heterocycles. The molecule has 5 nitrogen and oxygen atoms in total. The van der Waals surface area contributed by atoms with Crippen LogP contribution in [0.1, 0.15) is 21.5 Å². The van der Waals surface area contributed by atoms with Gasteiger partial charge < -0.3 is 15.0 Å². The van der Waals surface area contributed by atoms with E-state index in [1.165, 1.54) is 0 Å². The van der Waals surface area contributed by atoms with E-state index in [9.17, 15) is 9.59 Å². The van der Waals surface area contributed by atoms with Crippen LogP contribution in [-0.2, 0) is 17.8 Å². The molecular weight excluding hydrogens is 352 g/mol. The number of hydrogen-bond donors (Lipinski definition) is 1. The van der Waals surface area contributed by atoms with Crippen LogP contribution in [0.25, 0.3) is 0 Å². The lowest BCUT2D eigenvalue weighted by molar-refractivity contribution is -0.136. The number of carbonyl (C=O) groups excluding carboxylic acids is 2. The summed E-state index contributed by atoms with van der Waals surface area (Å²) in [5, 5.41) is 3.23. The van der Waals surface area contributed by atoms with Crippen molar-refractivity contribution in [2.75, 3.05) is 20.7 Å². The third-order valence-corrected chi connectivity index (χ3v) is 4.75. The first-order valence-corrected chi connectivity index (χ1v) is 8.83. The monoisotopic (exact) mass is 372 g/mol. The van der Waals surface area contributed by atoms with Gasteiger partial charge >= 0.3 is 0 Å². The highest BCUT2D eigenvalue weighted by molar-refractivity contribution is 6.30. The lowest BCUT2D eigenvalue weighted by atomic mass is 9.95. The Balaban J connectivity index is 1.64. The Morgan fingerprint density at radius 3 is 2.65 bits per heavy atom. The van der Waals surface area contributed by atoms with Gasteiger partial charge in [0.1, 0.15) is 12.4 Å². The molecule has 136 valence electrons. The highest BCUT2D eigenvalue weighted by atomic mass is 35.5. The van der Waals surface area contributed by atoms with Crippen LogP contribution in [0.2, 0.25) is 5.02 Å². The molecule has 1 heterocycles. The second-order valence-corrected chi connectivity index (χ2v) is 6.87. The maximum atomic E-state index is 12.8. The highest BCUT2D eigenvalue weighted by Crippen LogP contribution is 2.30. The van der Waals surface area contributed by atoms with Gasteiger partial charge in [0.25, 0.3) is 5.91 Å². The predicted octanol–water partition coefficient (Wildman–Crippen LogP) is 2.91. The molecule has 0 aromatic heterocycles. The molecular formula is C20H21ClN2O3. The molecule has 0 fully saturated rings. The first-order valence-electron chi connectivity index (χ1n) is 8.45. The third kappa shape index (κ3) is 3.99. The van der Waals surface area contributed by atoms with Gasteiger partial charge in [0.2, 0.25) is 5.91 Å². The molecule has 1 atom stereocenters. The van der Waals surface area contributed by atoms with Crippen molar-refractivity contribution in [3.05, 3.63) is 64.2 Å².